The number of likely N-dealkylation sites (N-methyl/N-ethyl adjacent to an activating group) is 2. The predicted molar refractivity (Wildman–Crippen MR) is 155 cm³/mol. The van der Waals surface area contributed by atoms with Crippen LogP contribution in [0.5, 0.6) is 0 Å². The second-order valence-electron chi connectivity index (χ2n) is 9.08. The molecule has 1 aliphatic heterocycles. The summed E-state index contributed by atoms with van der Waals surface area (Å²) >= 11 is 1.57. The third-order valence-corrected chi connectivity index (χ3v) is 7.28. The van der Waals surface area contributed by atoms with Gasteiger partial charge < -0.3 is 15.5 Å². The molecule has 0 saturated heterocycles. The molecular formula is C29H39N5O2S. The predicted octanol–water partition coefficient (Wildman–Crippen LogP) is 4.15. The van der Waals surface area contributed by atoms with Crippen molar-refractivity contribution < 1.29 is 9.59 Å². The molecule has 0 aromatic heterocycles. The van der Waals surface area contributed by atoms with Gasteiger partial charge in [-0.1, -0.05) is 61.7 Å². The van der Waals surface area contributed by atoms with Gasteiger partial charge in [0, 0.05) is 43.8 Å². The van der Waals surface area contributed by atoms with Crippen LogP contribution in [0.25, 0.3) is 4.91 Å². The standard InChI is InChI=1S/C29H39N5O2S/c1-6-16-37-23(4)24-12-13-27(22(3)17-24)33(20-28(35)31-15-14-30-7-2)21-29(36)32(5)34-18-25-10-8-9-11-26(25)19-34/h6,8-13,16-17,30H,4,7,14-15,18-21H2,1-3,5H3,(H,31,35)/b16-6-. The molecule has 37 heavy (non-hydrogen) atoms. The number of fused-ring (bicyclic) bond motifs is 1. The summed E-state index contributed by atoms with van der Waals surface area (Å²) in [5.74, 6) is -0.178. The first kappa shape index (κ1) is 28.5. The molecule has 0 radical (unpaired) electrons. The molecule has 3 rings (SSSR count). The fourth-order valence-electron chi connectivity index (χ4n) is 4.28. The van der Waals surface area contributed by atoms with Gasteiger partial charge in [0.2, 0.25) is 5.91 Å². The highest BCUT2D eigenvalue weighted by atomic mass is 32.2. The number of amides is 2. The Morgan fingerprint density at radius 3 is 2.43 bits per heavy atom. The number of hydrogen-bond acceptors (Lipinski definition) is 6. The van der Waals surface area contributed by atoms with E-state index in [0.717, 1.165) is 28.3 Å². The summed E-state index contributed by atoms with van der Waals surface area (Å²) in [5.41, 5.74) is 5.35. The van der Waals surface area contributed by atoms with Gasteiger partial charge in [0.05, 0.1) is 13.1 Å². The van der Waals surface area contributed by atoms with Crippen molar-refractivity contribution in [3.05, 3.63) is 82.8 Å². The van der Waals surface area contributed by atoms with Crippen LogP contribution in [0.3, 0.4) is 0 Å². The second-order valence-corrected chi connectivity index (χ2v) is 10.1. The van der Waals surface area contributed by atoms with Gasteiger partial charge in [0.15, 0.2) is 0 Å². The van der Waals surface area contributed by atoms with Crippen LogP contribution < -0.4 is 15.5 Å². The molecule has 0 fully saturated rings. The van der Waals surface area contributed by atoms with E-state index < -0.39 is 0 Å². The van der Waals surface area contributed by atoms with Crippen molar-refractivity contribution in [3.8, 4) is 0 Å². The highest BCUT2D eigenvalue weighted by molar-refractivity contribution is 8.10. The molecule has 2 aromatic rings. The first-order valence-corrected chi connectivity index (χ1v) is 13.6. The van der Waals surface area contributed by atoms with E-state index >= 15 is 0 Å². The van der Waals surface area contributed by atoms with Crippen LogP contribution in [-0.4, -0.2) is 61.6 Å². The van der Waals surface area contributed by atoms with Crippen molar-refractivity contribution in [2.45, 2.75) is 33.9 Å². The first-order chi connectivity index (χ1) is 17.8. The molecule has 198 valence electrons. The number of carbonyl (C=O) groups is 2. The number of carbonyl (C=O) groups excluding carboxylic acids is 2. The van der Waals surface area contributed by atoms with Crippen LogP contribution in [0.2, 0.25) is 0 Å². The maximum atomic E-state index is 13.4. The summed E-state index contributed by atoms with van der Waals surface area (Å²) in [6, 6.07) is 14.3. The van der Waals surface area contributed by atoms with Crippen molar-refractivity contribution in [1.29, 1.82) is 0 Å². The van der Waals surface area contributed by atoms with Crippen LogP contribution in [0.15, 0.2) is 60.5 Å². The van der Waals surface area contributed by atoms with Gasteiger partial charge in [-0.3, -0.25) is 14.6 Å². The zero-order valence-electron chi connectivity index (χ0n) is 22.4. The minimum Gasteiger partial charge on any atom is -0.353 e. The summed E-state index contributed by atoms with van der Waals surface area (Å²) < 4.78 is 0. The Kier molecular flexibility index (Phi) is 10.8. The number of benzene rings is 2. The summed E-state index contributed by atoms with van der Waals surface area (Å²) in [5, 5.41) is 11.9. The summed E-state index contributed by atoms with van der Waals surface area (Å²) in [7, 11) is 1.81. The normalized spacial score (nSPS) is 13.0. The lowest BCUT2D eigenvalue weighted by Gasteiger charge is -2.32. The van der Waals surface area contributed by atoms with Crippen molar-refractivity contribution in [2.24, 2.45) is 0 Å². The molecule has 0 spiro atoms. The molecule has 1 aliphatic rings. The topological polar surface area (TPSA) is 67.9 Å². The summed E-state index contributed by atoms with van der Waals surface area (Å²) in [4.78, 5) is 29.1. The minimum atomic E-state index is -0.113. The zero-order valence-corrected chi connectivity index (χ0v) is 23.2. The fraction of sp³-hybridized carbons (Fsp3) is 0.379. The molecule has 2 aromatic carbocycles. The first-order valence-electron chi connectivity index (χ1n) is 12.7. The van der Waals surface area contributed by atoms with E-state index in [-0.39, 0.29) is 24.9 Å². The lowest BCUT2D eigenvalue weighted by molar-refractivity contribution is -0.145. The maximum Gasteiger partial charge on any atom is 0.256 e. The largest absolute Gasteiger partial charge is 0.353 e. The van der Waals surface area contributed by atoms with Crippen LogP contribution in [-0.2, 0) is 22.7 Å². The van der Waals surface area contributed by atoms with Gasteiger partial charge in [0.1, 0.15) is 0 Å². The van der Waals surface area contributed by atoms with Crippen LogP contribution in [0, 0.1) is 6.92 Å². The van der Waals surface area contributed by atoms with E-state index in [1.54, 1.807) is 23.8 Å². The van der Waals surface area contributed by atoms with Gasteiger partial charge in [0.25, 0.3) is 5.91 Å². The van der Waals surface area contributed by atoms with Crippen molar-refractivity contribution in [3.63, 3.8) is 0 Å². The van der Waals surface area contributed by atoms with Crippen LogP contribution in [0.1, 0.15) is 36.1 Å². The number of rotatable bonds is 13. The van der Waals surface area contributed by atoms with E-state index in [9.17, 15) is 9.59 Å². The maximum absolute atomic E-state index is 13.4. The molecule has 0 saturated carbocycles. The minimum absolute atomic E-state index is 0.0650. The van der Waals surface area contributed by atoms with Crippen molar-refractivity contribution >= 4 is 34.2 Å². The quantitative estimate of drug-likeness (QED) is 0.386. The van der Waals surface area contributed by atoms with Gasteiger partial charge >= 0.3 is 0 Å². The molecule has 1 heterocycles. The highest BCUT2D eigenvalue weighted by Gasteiger charge is 2.27. The summed E-state index contributed by atoms with van der Waals surface area (Å²) in [6.07, 6.45) is 1.98. The Bertz CT molecular complexity index is 1110. The van der Waals surface area contributed by atoms with Crippen molar-refractivity contribution in [1.82, 2.24) is 20.7 Å². The van der Waals surface area contributed by atoms with E-state index in [1.165, 1.54) is 11.1 Å². The number of hydrogen-bond donors (Lipinski definition) is 2. The molecule has 0 bridgehead atoms. The van der Waals surface area contributed by atoms with E-state index in [2.05, 4.69) is 35.4 Å². The number of aryl methyl sites for hydroxylation is 1. The van der Waals surface area contributed by atoms with Gasteiger partial charge in [-0.2, -0.15) is 0 Å². The number of allylic oxidation sites excluding steroid dienone is 1. The van der Waals surface area contributed by atoms with Gasteiger partial charge in [-0.05, 0) is 60.2 Å². The highest BCUT2D eigenvalue weighted by Crippen LogP contribution is 2.31. The molecule has 2 N–H and O–H groups in total. The van der Waals surface area contributed by atoms with E-state index in [0.29, 0.717) is 26.2 Å². The second kappa shape index (κ2) is 14.0. The zero-order chi connectivity index (χ0) is 26.8. The smallest absolute Gasteiger partial charge is 0.256 e. The Morgan fingerprint density at radius 1 is 1.11 bits per heavy atom. The van der Waals surface area contributed by atoms with Gasteiger partial charge in [-0.15, -0.1) is 0 Å². The molecule has 0 atom stereocenters. The van der Waals surface area contributed by atoms with E-state index in [4.69, 9.17) is 0 Å². The Balaban J connectivity index is 1.75. The monoisotopic (exact) mass is 521 g/mol. The molecule has 0 aliphatic carbocycles. The molecular weight excluding hydrogens is 482 g/mol. The lowest BCUT2D eigenvalue weighted by Crippen LogP contribution is -2.48. The number of anilines is 1. The Hall–Kier alpha value is -3.07. The van der Waals surface area contributed by atoms with E-state index in [1.807, 2.05) is 66.4 Å². The van der Waals surface area contributed by atoms with Crippen LogP contribution >= 0.6 is 11.8 Å². The molecule has 8 heteroatoms. The molecule has 7 nitrogen and oxygen atoms in total. The third-order valence-electron chi connectivity index (χ3n) is 6.35. The number of hydrazine groups is 1. The average Bonchev–Trinajstić information content (AvgIpc) is 3.33. The van der Waals surface area contributed by atoms with Crippen molar-refractivity contribution in [2.75, 3.05) is 44.7 Å². The number of nitrogens with one attached hydrogen (secondary N) is 2. The summed E-state index contributed by atoms with van der Waals surface area (Å²) in [6.45, 7) is 13.9. The van der Waals surface area contributed by atoms with Gasteiger partial charge in [-0.25, -0.2) is 5.01 Å². The number of nitrogens with zero attached hydrogens (tertiary/aromatic N) is 3. The third kappa shape index (κ3) is 7.95. The SMILES string of the molecule is C=C(S/C=C\C)c1ccc(N(CC(=O)NCCNCC)CC(=O)N(C)N2Cc3ccccc3C2)c(C)c1. The lowest BCUT2D eigenvalue weighted by atomic mass is 10.1. The Morgan fingerprint density at radius 2 is 1.81 bits per heavy atom. The number of thioether (sulfide) groups is 1. The molecule has 2 amide bonds. The molecule has 0 unspecified atom stereocenters. The van der Waals surface area contributed by atoms with Crippen LogP contribution in [0.4, 0.5) is 5.69 Å². The fourth-order valence-corrected chi connectivity index (χ4v) is 4.84. The average molecular weight is 522 g/mol. The Labute approximate surface area is 225 Å².